The Hall–Kier alpha value is -0.340. The molecule has 1 spiro atoms. The van der Waals surface area contributed by atoms with Crippen molar-refractivity contribution in [2.75, 3.05) is 13.2 Å². The number of hydrogen-bond donors (Lipinski definition) is 2. The molecule has 5 atom stereocenters. The summed E-state index contributed by atoms with van der Waals surface area (Å²) in [6.45, 7) is 7.23. The lowest BCUT2D eigenvalue weighted by molar-refractivity contribution is -0.175. The fraction of sp³-hybridized carbons (Fsp3) is 0.900. The van der Waals surface area contributed by atoms with Gasteiger partial charge in [-0.25, -0.2) is 0 Å². The maximum atomic E-state index is 10.1. The van der Waals surface area contributed by atoms with Gasteiger partial charge in [0.1, 0.15) is 0 Å². The lowest BCUT2D eigenvalue weighted by Gasteiger charge is -2.64. The van der Waals surface area contributed by atoms with Crippen LogP contribution in [0.15, 0.2) is 12.2 Å². The molecular weight excluding hydrogens is 272 g/mol. The van der Waals surface area contributed by atoms with Crippen molar-refractivity contribution < 1.29 is 10.2 Å². The van der Waals surface area contributed by atoms with Crippen molar-refractivity contribution >= 4 is 0 Å². The van der Waals surface area contributed by atoms with Gasteiger partial charge in [-0.2, -0.15) is 0 Å². The molecule has 22 heavy (non-hydrogen) atoms. The summed E-state index contributed by atoms with van der Waals surface area (Å²) in [7, 11) is 0. The molecule has 2 bridgehead atoms. The largest absolute Gasteiger partial charge is 0.396 e. The summed E-state index contributed by atoms with van der Waals surface area (Å²) in [4.78, 5) is 0. The molecule has 4 fully saturated rings. The first-order chi connectivity index (χ1) is 10.5. The predicted molar refractivity (Wildman–Crippen MR) is 88.3 cm³/mol. The molecule has 4 rings (SSSR count). The van der Waals surface area contributed by atoms with Crippen molar-refractivity contribution in [3.8, 4) is 0 Å². The number of allylic oxidation sites excluding steroid dienone is 1. The van der Waals surface area contributed by atoms with Gasteiger partial charge in [0.2, 0.25) is 0 Å². The van der Waals surface area contributed by atoms with Gasteiger partial charge in [-0.3, -0.25) is 0 Å². The van der Waals surface area contributed by atoms with E-state index in [0.29, 0.717) is 16.7 Å². The Bertz CT molecular complexity index is 480. The van der Waals surface area contributed by atoms with Crippen LogP contribution in [-0.2, 0) is 0 Å². The van der Waals surface area contributed by atoms with Gasteiger partial charge in [0, 0.05) is 5.41 Å². The van der Waals surface area contributed by atoms with Crippen LogP contribution in [0.25, 0.3) is 0 Å². The molecule has 124 valence electrons. The Kier molecular flexibility index (Phi) is 3.34. The maximum absolute atomic E-state index is 10.1. The predicted octanol–water partition coefficient (Wildman–Crippen LogP) is 3.92. The zero-order chi connectivity index (χ0) is 15.6. The van der Waals surface area contributed by atoms with Crippen LogP contribution in [0.2, 0.25) is 0 Å². The van der Waals surface area contributed by atoms with Crippen molar-refractivity contribution in [3.63, 3.8) is 0 Å². The van der Waals surface area contributed by atoms with E-state index >= 15 is 0 Å². The highest BCUT2D eigenvalue weighted by Gasteiger charge is 2.64. The second-order valence-corrected chi connectivity index (χ2v) is 9.36. The first-order valence-electron chi connectivity index (χ1n) is 9.39. The van der Waals surface area contributed by atoms with Crippen LogP contribution in [0.1, 0.15) is 64.7 Å². The van der Waals surface area contributed by atoms with Crippen LogP contribution in [0.4, 0.5) is 0 Å². The van der Waals surface area contributed by atoms with Crippen molar-refractivity contribution in [3.05, 3.63) is 12.2 Å². The lowest BCUT2D eigenvalue weighted by atomic mass is 9.41. The molecule has 0 heterocycles. The second kappa shape index (κ2) is 4.83. The van der Waals surface area contributed by atoms with Gasteiger partial charge in [0.15, 0.2) is 0 Å². The van der Waals surface area contributed by atoms with Gasteiger partial charge in [0.05, 0.1) is 13.2 Å². The SMILES string of the molecule is C=C1C[C@]23CC[C@@H]4C(CO)(CO)CCC[C@]4(C)[C@H]2CC[C@@H]1C3. The molecule has 0 aliphatic heterocycles. The first-order valence-corrected chi connectivity index (χ1v) is 9.39. The molecule has 0 aromatic heterocycles. The number of aliphatic hydroxyl groups excluding tert-OH is 2. The van der Waals surface area contributed by atoms with Gasteiger partial charge < -0.3 is 10.2 Å². The Morgan fingerprint density at radius 3 is 2.55 bits per heavy atom. The summed E-state index contributed by atoms with van der Waals surface area (Å²) in [5.41, 5.74) is 2.13. The third-order valence-electron chi connectivity index (χ3n) is 8.63. The van der Waals surface area contributed by atoms with E-state index in [1.165, 1.54) is 56.9 Å². The molecule has 4 aliphatic carbocycles. The van der Waals surface area contributed by atoms with Gasteiger partial charge in [-0.05, 0) is 80.0 Å². The number of aliphatic hydroxyl groups is 2. The third-order valence-corrected chi connectivity index (χ3v) is 8.63. The standard InChI is InChI=1S/C20H32O2/c1-14-10-19-9-6-17-18(2,16(19)5-4-15(14)11-19)7-3-8-20(17,12-21)13-22/h15-17,21-22H,1,3-13H2,2H3/t15-,16-,17+,18-,19+/m1/s1. The van der Waals surface area contributed by atoms with Gasteiger partial charge in [-0.15, -0.1) is 0 Å². The van der Waals surface area contributed by atoms with Crippen LogP contribution in [0.5, 0.6) is 0 Å². The average molecular weight is 304 g/mol. The molecule has 2 N–H and O–H groups in total. The third kappa shape index (κ3) is 1.74. The molecule has 0 aromatic carbocycles. The topological polar surface area (TPSA) is 40.5 Å². The van der Waals surface area contributed by atoms with Gasteiger partial charge in [0.25, 0.3) is 0 Å². The minimum Gasteiger partial charge on any atom is -0.396 e. The van der Waals surface area contributed by atoms with Crippen LogP contribution in [0.3, 0.4) is 0 Å². The summed E-state index contributed by atoms with van der Waals surface area (Å²) in [5.74, 6) is 2.08. The van der Waals surface area contributed by atoms with Gasteiger partial charge >= 0.3 is 0 Å². The zero-order valence-corrected chi connectivity index (χ0v) is 14.1. The summed E-state index contributed by atoms with van der Waals surface area (Å²) >= 11 is 0. The second-order valence-electron chi connectivity index (χ2n) is 9.36. The van der Waals surface area contributed by atoms with E-state index in [1.807, 2.05) is 0 Å². The summed E-state index contributed by atoms with van der Waals surface area (Å²) in [6, 6.07) is 0. The monoisotopic (exact) mass is 304 g/mol. The van der Waals surface area contributed by atoms with Crippen LogP contribution in [-0.4, -0.2) is 23.4 Å². The normalized spacial score (nSPS) is 49.6. The van der Waals surface area contributed by atoms with E-state index < -0.39 is 0 Å². The Labute approximate surface area is 135 Å². The fourth-order valence-corrected chi connectivity index (χ4v) is 7.73. The minimum atomic E-state index is -0.221. The molecule has 2 nitrogen and oxygen atoms in total. The molecule has 0 aromatic rings. The highest BCUT2D eigenvalue weighted by Crippen LogP contribution is 2.72. The molecule has 0 amide bonds. The van der Waals surface area contributed by atoms with Crippen molar-refractivity contribution in [1.29, 1.82) is 0 Å². The van der Waals surface area contributed by atoms with E-state index in [2.05, 4.69) is 13.5 Å². The Balaban J connectivity index is 1.73. The minimum absolute atomic E-state index is 0.165. The van der Waals surface area contributed by atoms with Crippen LogP contribution in [0, 0.1) is 34.0 Å². The number of rotatable bonds is 2. The van der Waals surface area contributed by atoms with Crippen LogP contribution < -0.4 is 0 Å². The highest BCUT2D eigenvalue weighted by molar-refractivity contribution is 5.22. The summed E-state index contributed by atoms with van der Waals surface area (Å²) in [6.07, 6.45) is 11.3. The van der Waals surface area contributed by atoms with E-state index in [1.54, 1.807) is 0 Å². The Morgan fingerprint density at radius 1 is 1.05 bits per heavy atom. The molecule has 4 saturated carbocycles. The zero-order valence-electron chi connectivity index (χ0n) is 14.1. The molecule has 0 saturated heterocycles. The van der Waals surface area contributed by atoms with Crippen LogP contribution >= 0.6 is 0 Å². The number of hydrogen-bond acceptors (Lipinski definition) is 2. The van der Waals surface area contributed by atoms with Crippen molar-refractivity contribution in [1.82, 2.24) is 0 Å². The molecule has 0 unspecified atom stereocenters. The fourth-order valence-electron chi connectivity index (χ4n) is 7.73. The molecule has 4 aliphatic rings. The smallest absolute Gasteiger partial charge is 0.0512 e. The summed E-state index contributed by atoms with van der Waals surface area (Å²) < 4.78 is 0. The van der Waals surface area contributed by atoms with E-state index in [4.69, 9.17) is 0 Å². The maximum Gasteiger partial charge on any atom is 0.0512 e. The molecule has 0 radical (unpaired) electrons. The summed E-state index contributed by atoms with van der Waals surface area (Å²) in [5, 5.41) is 20.2. The number of fused-ring (bicyclic) bond motifs is 3. The van der Waals surface area contributed by atoms with E-state index in [9.17, 15) is 10.2 Å². The first kappa shape index (κ1) is 15.2. The van der Waals surface area contributed by atoms with Crippen molar-refractivity contribution in [2.45, 2.75) is 64.7 Å². The van der Waals surface area contributed by atoms with E-state index in [-0.39, 0.29) is 18.6 Å². The average Bonchev–Trinajstić information content (AvgIpc) is 2.75. The Morgan fingerprint density at radius 2 is 1.82 bits per heavy atom. The van der Waals surface area contributed by atoms with Crippen molar-refractivity contribution in [2.24, 2.45) is 34.0 Å². The molecule has 2 heteroatoms. The molecular formula is C20H32O2. The lowest BCUT2D eigenvalue weighted by Crippen LogP contribution is -2.59. The highest BCUT2D eigenvalue weighted by atomic mass is 16.3. The quantitative estimate of drug-likeness (QED) is 0.759. The van der Waals surface area contributed by atoms with E-state index in [0.717, 1.165) is 18.3 Å². The van der Waals surface area contributed by atoms with Gasteiger partial charge in [-0.1, -0.05) is 25.5 Å².